The Morgan fingerprint density at radius 1 is 1.00 bits per heavy atom. The fraction of sp³-hybridized carbons (Fsp3) is 0.625. The van der Waals surface area contributed by atoms with E-state index in [9.17, 15) is 0 Å². The third kappa shape index (κ3) is 7.85. The van der Waals surface area contributed by atoms with Gasteiger partial charge in [-0.15, -0.1) is 0 Å². The van der Waals surface area contributed by atoms with Gasteiger partial charge in [-0.1, -0.05) is 31.9 Å². The van der Waals surface area contributed by atoms with Crippen molar-refractivity contribution in [3.8, 4) is 5.75 Å². The van der Waals surface area contributed by atoms with Crippen LogP contribution in [0.25, 0.3) is 0 Å². The molecule has 0 heterocycles. The van der Waals surface area contributed by atoms with Gasteiger partial charge in [-0.25, -0.2) is 0 Å². The first-order valence-corrected chi connectivity index (χ1v) is 7.28. The van der Waals surface area contributed by atoms with Gasteiger partial charge in [-0.05, 0) is 43.6 Å². The largest absolute Gasteiger partial charge is 0.497 e. The molecule has 0 aromatic heterocycles. The number of benzene rings is 1. The number of ether oxygens (including phenoxy) is 2. The molecule has 0 saturated heterocycles. The van der Waals surface area contributed by atoms with Gasteiger partial charge < -0.3 is 14.8 Å². The number of methoxy groups -OCH3 is 1. The van der Waals surface area contributed by atoms with Crippen LogP contribution in [-0.2, 0) is 11.3 Å². The summed E-state index contributed by atoms with van der Waals surface area (Å²) in [5.74, 6) is 0.893. The van der Waals surface area contributed by atoms with Gasteiger partial charge in [0.15, 0.2) is 0 Å². The highest BCUT2D eigenvalue weighted by Gasteiger charge is 1.95. The first kappa shape index (κ1) is 16.0. The van der Waals surface area contributed by atoms with Crippen LogP contribution in [0.4, 0.5) is 0 Å². The third-order valence-electron chi connectivity index (χ3n) is 3.07. The summed E-state index contributed by atoms with van der Waals surface area (Å²) in [6.45, 7) is 5.91. The van der Waals surface area contributed by atoms with Crippen LogP contribution in [-0.4, -0.2) is 26.8 Å². The first-order valence-electron chi connectivity index (χ1n) is 7.28. The Morgan fingerprint density at radius 3 is 2.42 bits per heavy atom. The lowest BCUT2D eigenvalue weighted by Crippen LogP contribution is -2.13. The lowest BCUT2D eigenvalue weighted by Gasteiger charge is -2.06. The Morgan fingerprint density at radius 2 is 1.74 bits per heavy atom. The molecular weight excluding hydrogens is 238 g/mol. The maximum atomic E-state index is 5.66. The molecule has 1 N–H and O–H groups in total. The van der Waals surface area contributed by atoms with Gasteiger partial charge in [-0.3, -0.25) is 0 Å². The van der Waals surface area contributed by atoms with Gasteiger partial charge in [0.05, 0.1) is 13.7 Å². The van der Waals surface area contributed by atoms with Crippen LogP contribution in [0.15, 0.2) is 24.3 Å². The third-order valence-corrected chi connectivity index (χ3v) is 3.07. The molecule has 1 aromatic carbocycles. The van der Waals surface area contributed by atoms with Gasteiger partial charge in [0.1, 0.15) is 5.75 Å². The van der Waals surface area contributed by atoms with Gasteiger partial charge in [0, 0.05) is 6.61 Å². The van der Waals surface area contributed by atoms with Crippen molar-refractivity contribution in [2.75, 3.05) is 26.8 Å². The summed E-state index contributed by atoms with van der Waals surface area (Å²) in [4.78, 5) is 0. The zero-order valence-electron chi connectivity index (χ0n) is 12.3. The SMILES string of the molecule is CCNCCCCCCOCc1ccc(OC)cc1. The Balaban J connectivity index is 1.95. The highest BCUT2D eigenvalue weighted by molar-refractivity contribution is 5.26. The van der Waals surface area contributed by atoms with Crippen molar-refractivity contribution in [3.63, 3.8) is 0 Å². The van der Waals surface area contributed by atoms with Gasteiger partial charge in [0.25, 0.3) is 0 Å². The number of nitrogens with one attached hydrogen (secondary N) is 1. The fourth-order valence-corrected chi connectivity index (χ4v) is 1.90. The zero-order valence-corrected chi connectivity index (χ0v) is 12.3. The second-order valence-corrected chi connectivity index (χ2v) is 4.67. The molecule has 0 aliphatic carbocycles. The van der Waals surface area contributed by atoms with Gasteiger partial charge in [0.2, 0.25) is 0 Å². The minimum Gasteiger partial charge on any atom is -0.497 e. The van der Waals surface area contributed by atoms with Crippen LogP contribution < -0.4 is 10.1 Å². The summed E-state index contributed by atoms with van der Waals surface area (Å²) in [7, 11) is 1.68. The van der Waals surface area contributed by atoms with Gasteiger partial charge in [-0.2, -0.15) is 0 Å². The summed E-state index contributed by atoms with van der Waals surface area (Å²) in [5, 5.41) is 3.34. The quantitative estimate of drug-likeness (QED) is 0.622. The van der Waals surface area contributed by atoms with Crippen molar-refractivity contribution < 1.29 is 9.47 Å². The molecule has 3 nitrogen and oxygen atoms in total. The maximum Gasteiger partial charge on any atom is 0.118 e. The molecule has 0 amide bonds. The van der Waals surface area contributed by atoms with E-state index in [-0.39, 0.29) is 0 Å². The highest BCUT2D eigenvalue weighted by atomic mass is 16.5. The topological polar surface area (TPSA) is 30.5 Å². The minimum absolute atomic E-state index is 0.696. The lowest BCUT2D eigenvalue weighted by molar-refractivity contribution is 0.116. The predicted molar refractivity (Wildman–Crippen MR) is 79.7 cm³/mol. The Labute approximate surface area is 117 Å². The smallest absolute Gasteiger partial charge is 0.118 e. The number of hydrogen-bond donors (Lipinski definition) is 1. The van der Waals surface area contributed by atoms with Crippen LogP contribution in [0.5, 0.6) is 5.75 Å². The highest BCUT2D eigenvalue weighted by Crippen LogP contribution is 2.12. The molecule has 0 aliphatic heterocycles. The van der Waals surface area contributed by atoms with Crippen molar-refractivity contribution in [1.29, 1.82) is 0 Å². The molecule has 3 heteroatoms. The van der Waals surface area contributed by atoms with Crippen LogP contribution in [0.2, 0.25) is 0 Å². The molecular formula is C16H27NO2. The first-order chi connectivity index (χ1) is 9.36. The van der Waals surface area contributed by atoms with Gasteiger partial charge >= 0.3 is 0 Å². The second kappa shape index (κ2) is 10.8. The van der Waals surface area contributed by atoms with E-state index in [1.165, 1.54) is 24.8 Å². The van der Waals surface area contributed by atoms with Crippen LogP contribution in [0.3, 0.4) is 0 Å². The van der Waals surface area contributed by atoms with E-state index in [4.69, 9.17) is 9.47 Å². The van der Waals surface area contributed by atoms with Crippen LogP contribution >= 0.6 is 0 Å². The van der Waals surface area contributed by atoms with E-state index in [1.807, 2.05) is 12.1 Å². The van der Waals surface area contributed by atoms with Crippen molar-refractivity contribution in [1.82, 2.24) is 5.32 Å². The number of rotatable bonds is 11. The zero-order chi connectivity index (χ0) is 13.8. The van der Waals surface area contributed by atoms with E-state index in [0.29, 0.717) is 6.61 Å². The van der Waals surface area contributed by atoms with Crippen molar-refractivity contribution in [2.45, 2.75) is 39.2 Å². The summed E-state index contributed by atoms with van der Waals surface area (Å²) in [5.41, 5.74) is 1.20. The maximum absolute atomic E-state index is 5.66. The minimum atomic E-state index is 0.696. The van der Waals surface area contributed by atoms with Crippen LogP contribution in [0.1, 0.15) is 38.2 Å². The normalized spacial score (nSPS) is 10.6. The lowest BCUT2D eigenvalue weighted by atomic mass is 10.2. The molecule has 0 unspecified atom stereocenters. The van der Waals surface area contributed by atoms with Crippen molar-refractivity contribution in [2.24, 2.45) is 0 Å². The molecule has 1 rings (SSSR count). The Bertz CT molecular complexity index is 311. The molecule has 1 aromatic rings. The second-order valence-electron chi connectivity index (χ2n) is 4.67. The summed E-state index contributed by atoms with van der Waals surface area (Å²) in [6, 6.07) is 8.04. The fourth-order valence-electron chi connectivity index (χ4n) is 1.90. The van der Waals surface area contributed by atoms with Crippen LogP contribution in [0, 0.1) is 0 Å². The van der Waals surface area contributed by atoms with E-state index >= 15 is 0 Å². The molecule has 19 heavy (non-hydrogen) atoms. The average Bonchev–Trinajstić information content (AvgIpc) is 2.46. The molecule has 0 atom stereocenters. The van der Waals surface area contributed by atoms with Crippen molar-refractivity contribution in [3.05, 3.63) is 29.8 Å². The summed E-state index contributed by atoms with van der Waals surface area (Å²) < 4.78 is 10.8. The Hall–Kier alpha value is -1.06. The summed E-state index contributed by atoms with van der Waals surface area (Å²) >= 11 is 0. The van der Waals surface area contributed by atoms with Crippen molar-refractivity contribution >= 4 is 0 Å². The van der Waals surface area contributed by atoms with E-state index in [1.54, 1.807) is 7.11 Å². The van der Waals surface area contributed by atoms with E-state index in [0.717, 1.165) is 31.9 Å². The standard InChI is InChI=1S/C16H27NO2/c1-3-17-12-6-4-5-7-13-19-14-15-8-10-16(18-2)11-9-15/h8-11,17H,3-7,12-14H2,1-2H3. The van der Waals surface area contributed by atoms with E-state index < -0.39 is 0 Å². The summed E-state index contributed by atoms with van der Waals surface area (Å²) in [6.07, 6.45) is 4.97. The molecule has 0 radical (unpaired) electrons. The molecule has 0 spiro atoms. The molecule has 0 aliphatic rings. The monoisotopic (exact) mass is 265 g/mol. The number of unbranched alkanes of at least 4 members (excludes halogenated alkanes) is 3. The Kier molecular flexibility index (Phi) is 9.11. The molecule has 108 valence electrons. The molecule has 0 saturated carbocycles. The average molecular weight is 265 g/mol. The van der Waals surface area contributed by atoms with E-state index in [2.05, 4.69) is 24.4 Å². The predicted octanol–water partition coefficient (Wildman–Crippen LogP) is 3.38. The molecule has 0 fully saturated rings. The number of hydrogen-bond acceptors (Lipinski definition) is 3. The molecule has 0 bridgehead atoms.